The fourth-order valence-corrected chi connectivity index (χ4v) is 6.71. The van der Waals surface area contributed by atoms with Crippen LogP contribution >= 0.6 is 11.6 Å². The molecule has 9 nitrogen and oxygen atoms in total. The van der Waals surface area contributed by atoms with E-state index < -0.39 is 10.0 Å². The van der Waals surface area contributed by atoms with Gasteiger partial charge in [0, 0.05) is 35.6 Å². The Kier molecular flexibility index (Phi) is 7.35. The van der Waals surface area contributed by atoms with Gasteiger partial charge in [-0.2, -0.15) is 4.98 Å². The van der Waals surface area contributed by atoms with E-state index in [0.717, 1.165) is 32.4 Å². The number of piperidine rings is 1. The molecule has 1 aliphatic carbocycles. The third-order valence-electron chi connectivity index (χ3n) is 7.67. The highest BCUT2D eigenvalue weighted by Gasteiger charge is 2.40. The van der Waals surface area contributed by atoms with Gasteiger partial charge < -0.3 is 20.0 Å². The number of nitrogens with one attached hydrogen (secondary N) is 2. The van der Waals surface area contributed by atoms with Gasteiger partial charge in [-0.05, 0) is 87.5 Å². The van der Waals surface area contributed by atoms with E-state index >= 15 is 0 Å². The van der Waals surface area contributed by atoms with Crippen LogP contribution in [0.4, 0.5) is 0 Å². The molecule has 0 unspecified atom stereocenters. The summed E-state index contributed by atoms with van der Waals surface area (Å²) in [4.78, 5) is 11.0. The number of hydrogen-bond acceptors (Lipinski definition) is 7. The molecular formula is C26H31ClN6O3S. The number of aliphatic hydroxyl groups excluding tert-OH is 1. The molecule has 1 saturated heterocycles. The maximum atomic E-state index is 12.5. The molecule has 3 N–H and O–H groups in total. The van der Waals surface area contributed by atoms with Crippen LogP contribution in [0.15, 0.2) is 59.9 Å². The number of aromatic nitrogens is 3. The number of allylic oxidation sites excluding steroid dienone is 1. The minimum Gasteiger partial charge on any atom is -0.393 e. The van der Waals surface area contributed by atoms with Gasteiger partial charge in [0.1, 0.15) is 5.65 Å². The zero-order chi connectivity index (χ0) is 26.2. The highest BCUT2D eigenvalue weighted by Crippen LogP contribution is 2.43. The molecule has 1 aromatic carbocycles. The number of fused-ring (bicyclic) bond motifs is 1. The first-order valence-corrected chi connectivity index (χ1v) is 14.3. The van der Waals surface area contributed by atoms with Crippen molar-refractivity contribution in [2.24, 2.45) is 11.8 Å². The second-order valence-electron chi connectivity index (χ2n) is 10.0. The molecule has 0 bridgehead atoms. The van der Waals surface area contributed by atoms with E-state index in [9.17, 15) is 13.5 Å². The lowest BCUT2D eigenvalue weighted by atomic mass is 9.82. The molecule has 5 rings (SSSR count). The fraction of sp³-hybridized carbons (Fsp3) is 0.423. The minimum atomic E-state index is -3.73. The smallest absolute Gasteiger partial charge is 0.261 e. The third-order valence-corrected chi connectivity index (χ3v) is 9.19. The van der Waals surface area contributed by atoms with Crippen LogP contribution in [0.2, 0.25) is 5.28 Å². The van der Waals surface area contributed by atoms with E-state index in [0.29, 0.717) is 28.9 Å². The SMILES string of the molecule is CN1CCC([C@H]2C[C@@H](n3cc(C(=N)/C=C\NS(=O)(=O)c4ccccc4)c4cnc(Cl)nc43)C[C@@H]2O)CC1. The Morgan fingerprint density at radius 2 is 1.95 bits per heavy atom. The molecular weight excluding hydrogens is 512 g/mol. The van der Waals surface area contributed by atoms with E-state index in [-0.39, 0.29) is 34.0 Å². The highest BCUT2D eigenvalue weighted by molar-refractivity contribution is 7.89. The van der Waals surface area contributed by atoms with Crippen molar-refractivity contribution in [2.75, 3.05) is 20.1 Å². The Bertz CT molecular complexity index is 1420. The predicted octanol–water partition coefficient (Wildman–Crippen LogP) is 3.60. The number of halogens is 1. The van der Waals surface area contributed by atoms with E-state index in [1.807, 2.05) is 10.8 Å². The van der Waals surface area contributed by atoms with Crippen LogP contribution in [0.25, 0.3) is 11.0 Å². The minimum absolute atomic E-state index is 0.0234. The predicted molar refractivity (Wildman–Crippen MR) is 143 cm³/mol. The molecule has 3 aromatic rings. The summed E-state index contributed by atoms with van der Waals surface area (Å²) >= 11 is 6.14. The van der Waals surface area contributed by atoms with Gasteiger partial charge in [0.2, 0.25) is 5.28 Å². The Morgan fingerprint density at radius 3 is 2.68 bits per heavy atom. The van der Waals surface area contributed by atoms with Crippen LogP contribution in [-0.2, 0) is 10.0 Å². The van der Waals surface area contributed by atoms with Crippen molar-refractivity contribution in [2.45, 2.75) is 42.7 Å². The maximum Gasteiger partial charge on any atom is 0.261 e. The number of likely N-dealkylation sites (tertiary alicyclic amines) is 1. The summed E-state index contributed by atoms with van der Waals surface area (Å²) in [5.41, 5.74) is 1.29. The molecule has 196 valence electrons. The summed E-state index contributed by atoms with van der Waals surface area (Å²) in [6.07, 6.45) is 9.33. The quantitative estimate of drug-likeness (QED) is 0.309. The first-order valence-electron chi connectivity index (χ1n) is 12.5. The zero-order valence-corrected chi connectivity index (χ0v) is 22.2. The average molecular weight is 543 g/mol. The molecule has 11 heteroatoms. The number of sulfonamides is 1. The third kappa shape index (κ3) is 5.43. The lowest BCUT2D eigenvalue weighted by Crippen LogP contribution is -2.35. The van der Waals surface area contributed by atoms with Crippen molar-refractivity contribution in [3.63, 3.8) is 0 Å². The van der Waals surface area contributed by atoms with Gasteiger partial charge in [0.15, 0.2) is 0 Å². The van der Waals surface area contributed by atoms with Crippen LogP contribution in [0.5, 0.6) is 0 Å². The van der Waals surface area contributed by atoms with Gasteiger partial charge in [-0.15, -0.1) is 0 Å². The Balaban J connectivity index is 1.38. The first kappa shape index (κ1) is 25.8. The number of hydrogen-bond donors (Lipinski definition) is 3. The standard InChI is InChI=1S/C26H31ClN6O3S/c1-32-11-8-17(9-12-32)20-13-18(14-24(20)34)33-16-22(21-15-29-26(27)31-25(21)33)23(28)7-10-30-37(35,36)19-5-3-2-4-6-19/h2-7,10,15-18,20,24,28,30,34H,8-9,11-14H2,1H3/b10-7-,28-23?/t18-,20-,24+/m1/s1. The summed E-state index contributed by atoms with van der Waals surface area (Å²) < 4.78 is 29.4. The van der Waals surface area contributed by atoms with Gasteiger partial charge in [0.05, 0.1) is 16.7 Å². The van der Waals surface area contributed by atoms with E-state index in [4.69, 9.17) is 17.0 Å². The molecule has 2 fully saturated rings. The number of nitrogens with zero attached hydrogens (tertiary/aromatic N) is 4. The Morgan fingerprint density at radius 1 is 1.22 bits per heavy atom. The van der Waals surface area contributed by atoms with Crippen LogP contribution < -0.4 is 4.72 Å². The maximum absolute atomic E-state index is 12.5. The normalized spacial score (nSPS) is 23.7. The molecule has 0 amide bonds. The van der Waals surface area contributed by atoms with Crippen LogP contribution in [0.3, 0.4) is 0 Å². The molecule has 3 heterocycles. The van der Waals surface area contributed by atoms with Gasteiger partial charge in [-0.25, -0.2) is 13.4 Å². The van der Waals surface area contributed by atoms with Crippen LogP contribution in [0, 0.1) is 17.2 Å². The molecule has 2 aliphatic rings. The molecule has 37 heavy (non-hydrogen) atoms. The van der Waals surface area contributed by atoms with E-state index in [1.165, 1.54) is 24.4 Å². The van der Waals surface area contributed by atoms with Gasteiger partial charge >= 0.3 is 0 Å². The molecule has 1 saturated carbocycles. The van der Waals surface area contributed by atoms with Gasteiger partial charge in [-0.3, -0.25) is 4.72 Å². The number of aliphatic hydroxyl groups is 1. The van der Waals surface area contributed by atoms with Crippen molar-refractivity contribution in [3.8, 4) is 0 Å². The Hall–Kier alpha value is -2.79. The van der Waals surface area contributed by atoms with Crippen molar-refractivity contribution >= 4 is 38.4 Å². The zero-order valence-electron chi connectivity index (χ0n) is 20.6. The van der Waals surface area contributed by atoms with Crippen molar-refractivity contribution in [1.29, 1.82) is 5.41 Å². The molecule has 3 atom stereocenters. The van der Waals surface area contributed by atoms with Crippen LogP contribution in [0.1, 0.15) is 37.3 Å². The summed E-state index contributed by atoms with van der Waals surface area (Å²) in [5.74, 6) is 0.721. The second kappa shape index (κ2) is 10.5. The molecule has 0 spiro atoms. The van der Waals surface area contributed by atoms with Crippen LogP contribution in [-0.4, -0.2) is 64.9 Å². The van der Waals surface area contributed by atoms with Crippen molar-refractivity contribution in [1.82, 2.24) is 24.2 Å². The summed E-state index contributed by atoms with van der Waals surface area (Å²) in [6.45, 7) is 2.10. The van der Waals surface area contributed by atoms with Gasteiger partial charge in [-0.1, -0.05) is 18.2 Å². The highest BCUT2D eigenvalue weighted by atomic mass is 35.5. The van der Waals surface area contributed by atoms with Gasteiger partial charge in [0.25, 0.3) is 10.0 Å². The summed E-state index contributed by atoms with van der Waals surface area (Å²) in [5, 5.41) is 20.4. The largest absolute Gasteiger partial charge is 0.393 e. The monoisotopic (exact) mass is 542 g/mol. The van der Waals surface area contributed by atoms with Crippen molar-refractivity contribution < 1.29 is 13.5 Å². The van der Waals surface area contributed by atoms with E-state index in [1.54, 1.807) is 24.4 Å². The Labute approximate surface area is 221 Å². The lowest BCUT2D eigenvalue weighted by molar-refractivity contribution is 0.0696. The van der Waals surface area contributed by atoms with Crippen molar-refractivity contribution in [3.05, 3.63) is 65.8 Å². The summed E-state index contributed by atoms with van der Waals surface area (Å²) in [6, 6.07) is 8.08. The molecule has 2 aromatic heterocycles. The topological polar surface area (TPSA) is 124 Å². The molecule has 0 radical (unpaired) electrons. The first-order chi connectivity index (χ1) is 17.7. The summed E-state index contributed by atoms with van der Waals surface area (Å²) in [7, 11) is -1.60. The van der Waals surface area contributed by atoms with E-state index in [2.05, 4.69) is 26.6 Å². The average Bonchev–Trinajstić information content (AvgIpc) is 3.45. The number of benzene rings is 1. The lowest BCUT2D eigenvalue weighted by Gasteiger charge is -2.34. The molecule has 1 aliphatic heterocycles. The fourth-order valence-electron chi connectivity index (χ4n) is 5.68. The number of rotatable bonds is 7. The second-order valence-corrected chi connectivity index (χ2v) is 12.1.